The maximum Gasteiger partial charge on any atom is 0.161 e. The minimum Gasteiger partial charge on any atom is -0.493 e. The fourth-order valence-corrected chi connectivity index (χ4v) is 3.08. The second kappa shape index (κ2) is 7.44. The van der Waals surface area contributed by atoms with Crippen LogP contribution in [0, 0.1) is 0 Å². The van der Waals surface area contributed by atoms with E-state index in [0.29, 0.717) is 23.0 Å². The molecule has 26 heavy (non-hydrogen) atoms. The molecule has 0 saturated heterocycles. The molecule has 0 heterocycles. The number of hydrogen-bond donors (Lipinski definition) is 1. The maximum absolute atomic E-state index is 5.45. The SMILES string of the molecule is CNc1cc(-c2ccc(OC)c(OC)c2)cc2cc(OC)c(OC)cc12. The average Bonchev–Trinajstić information content (AvgIpc) is 2.70. The number of methoxy groups -OCH3 is 4. The van der Waals surface area contributed by atoms with Gasteiger partial charge in [0.1, 0.15) is 0 Å². The van der Waals surface area contributed by atoms with Crippen molar-refractivity contribution in [2.75, 3.05) is 40.8 Å². The molecule has 0 fully saturated rings. The first-order chi connectivity index (χ1) is 12.6. The summed E-state index contributed by atoms with van der Waals surface area (Å²) in [6, 6.07) is 14.1. The molecule has 0 radical (unpaired) electrons. The monoisotopic (exact) mass is 353 g/mol. The zero-order chi connectivity index (χ0) is 18.7. The number of nitrogens with one attached hydrogen (secondary N) is 1. The third-order valence-electron chi connectivity index (χ3n) is 4.44. The lowest BCUT2D eigenvalue weighted by Gasteiger charge is -2.15. The van der Waals surface area contributed by atoms with Crippen LogP contribution in [0.25, 0.3) is 21.9 Å². The molecule has 0 aliphatic rings. The molecule has 3 aromatic carbocycles. The van der Waals surface area contributed by atoms with Gasteiger partial charge in [-0.3, -0.25) is 0 Å². The van der Waals surface area contributed by atoms with Crippen molar-refractivity contribution in [3.8, 4) is 34.1 Å². The van der Waals surface area contributed by atoms with Crippen molar-refractivity contribution in [2.24, 2.45) is 0 Å². The molecule has 0 aliphatic carbocycles. The highest BCUT2D eigenvalue weighted by Crippen LogP contribution is 2.39. The van der Waals surface area contributed by atoms with Gasteiger partial charge in [0.25, 0.3) is 0 Å². The third kappa shape index (κ3) is 3.08. The molecule has 136 valence electrons. The number of rotatable bonds is 6. The summed E-state index contributed by atoms with van der Waals surface area (Å²) in [5, 5.41) is 5.39. The zero-order valence-electron chi connectivity index (χ0n) is 15.7. The third-order valence-corrected chi connectivity index (χ3v) is 4.44. The Kier molecular flexibility index (Phi) is 5.07. The second-order valence-corrected chi connectivity index (χ2v) is 5.77. The van der Waals surface area contributed by atoms with Gasteiger partial charge in [0.05, 0.1) is 28.4 Å². The van der Waals surface area contributed by atoms with Crippen molar-refractivity contribution in [1.82, 2.24) is 0 Å². The normalized spacial score (nSPS) is 10.5. The lowest BCUT2D eigenvalue weighted by molar-refractivity contribution is 0.355. The quantitative estimate of drug-likeness (QED) is 0.703. The van der Waals surface area contributed by atoms with E-state index < -0.39 is 0 Å². The summed E-state index contributed by atoms with van der Waals surface area (Å²) in [7, 11) is 8.45. The predicted molar refractivity (Wildman–Crippen MR) is 105 cm³/mol. The Morgan fingerprint density at radius 1 is 0.615 bits per heavy atom. The molecule has 1 N–H and O–H groups in total. The van der Waals surface area contributed by atoms with E-state index in [2.05, 4.69) is 17.4 Å². The molecule has 0 saturated carbocycles. The Morgan fingerprint density at radius 3 is 1.85 bits per heavy atom. The lowest BCUT2D eigenvalue weighted by atomic mass is 9.98. The first-order valence-corrected chi connectivity index (χ1v) is 8.25. The van der Waals surface area contributed by atoms with Crippen LogP contribution >= 0.6 is 0 Å². The standard InChI is InChI=1S/C21H23NO4/c1-22-17-9-14(13-6-7-18(23-2)19(10-13)24-3)8-15-11-20(25-4)21(26-5)12-16(15)17/h6-12,22H,1-5H3. The van der Waals surface area contributed by atoms with Crippen LogP contribution < -0.4 is 24.3 Å². The molecule has 3 rings (SSSR count). The van der Waals surface area contributed by atoms with E-state index in [1.807, 2.05) is 37.4 Å². The lowest BCUT2D eigenvalue weighted by Crippen LogP contribution is -1.95. The van der Waals surface area contributed by atoms with Crippen LogP contribution in [-0.2, 0) is 0 Å². The van der Waals surface area contributed by atoms with E-state index in [9.17, 15) is 0 Å². The molecule has 5 nitrogen and oxygen atoms in total. The Morgan fingerprint density at radius 2 is 1.23 bits per heavy atom. The number of anilines is 1. The maximum atomic E-state index is 5.45. The van der Waals surface area contributed by atoms with Gasteiger partial charge in [0, 0.05) is 18.1 Å². The largest absolute Gasteiger partial charge is 0.493 e. The van der Waals surface area contributed by atoms with Gasteiger partial charge in [-0.2, -0.15) is 0 Å². The van der Waals surface area contributed by atoms with E-state index >= 15 is 0 Å². The van der Waals surface area contributed by atoms with Crippen molar-refractivity contribution >= 4 is 16.5 Å². The zero-order valence-corrected chi connectivity index (χ0v) is 15.7. The fourth-order valence-electron chi connectivity index (χ4n) is 3.08. The van der Waals surface area contributed by atoms with Crippen LogP contribution in [0.15, 0.2) is 42.5 Å². The first kappa shape index (κ1) is 17.7. The van der Waals surface area contributed by atoms with Gasteiger partial charge in [-0.1, -0.05) is 6.07 Å². The highest BCUT2D eigenvalue weighted by Gasteiger charge is 2.12. The van der Waals surface area contributed by atoms with Crippen LogP contribution in [0.1, 0.15) is 0 Å². The van der Waals surface area contributed by atoms with Gasteiger partial charge in [-0.25, -0.2) is 0 Å². The van der Waals surface area contributed by atoms with Crippen molar-refractivity contribution < 1.29 is 18.9 Å². The van der Waals surface area contributed by atoms with Crippen molar-refractivity contribution in [2.45, 2.75) is 0 Å². The van der Waals surface area contributed by atoms with Crippen molar-refractivity contribution in [3.05, 3.63) is 42.5 Å². The summed E-state index contributed by atoms with van der Waals surface area (Å²) >= 11 is 0. The van der Waals surface area contributed by atoms with Gasteiger partial charge in [-0.05, 0) is 52.9 Å². The van der Waals surface area contributed by atoms with Crippen LogP contribution in [-0.4, -0.2) is 35.5 Å². The van der Waals surface area contributed by atoms with E-state index in [1.54, 1.807) is 28.4 Å². The van der Waals surface area contributed by atoms with Gasteiger partial charge in [-0.15, -0.1) is 0 Å². The molecule has 0 spiro atoms. The number of benzene rings is 3. The molecule has 0 unspecified atom stereocenters. The predicted octanol–water partition coefficient (Wildman–Crippen LogP) is 4.58. The summed E-state index contributed by atoms with van der Waals surface area (Å²) < 4.78 is 21.6. The molecule has 0 atom stereocenters. The first-order valence-electron chi connectivity index (χ1n) is 8.25. The summed E-state index contributed by atoms with van der Waals surface area (Å²) in [6.07, 6.45) is 0. The van der Waals surface area contributed by atoms with Gasteiger partial charge in [0.15, 0.2) is 23.0 Å². The summed E-state index contributed by atoms with van der Waals surface area (Å²) in [5.41, 5.74) is 3.11. The Balaban J connectivity index is 2.21. The Bertz CT molecular complexity index is 937. The van der Waals surface area contributed by atoms with E-state index in [4.69, 9.17) is 18.9 Å². The highest BCUT2D eigenvalue weighted by atomic mass is 16.5. The molecule has 0 amide bonds. The highest BCUT2D eigenvalue weighted by molar-refractivity contribution is 5.99. The van der Waals surface area contributed by atoms with Crippen LogP contribution in [0.3, 0.4) is 0 Å². The van der Waals surface area contributed by atoms with Crippen molar-refractivity contribution in [3.63, 3.8) is 0 Å². The Labute approximate surface area is 153 Å². The minimum atomic E-state index is 0.698. The average molecular weight is 353 g/mol. The number of fused-ring (bicyclic) bond motifs is 1. The molecular weight excluding hydrogens is 330 g/mol. The second-order valence-electron chi connectivity index (χ2n) is 5.77. The summed E-state index contributed by atoms with van der Waals surface area (Å²) in [4.78, 5) is 0. The van der Waals surface area contributed by atoms with E-state index in [-0.39, 0.29) is 0 Å². The van der Waals surface area contributed by atoms with Crippen molar-refractivity contribution in [1.29, 1.82) is 0 Å². The van der Waals surface area contributed by atoms with Crippen LogP contribution in [0.4, 0.5) is 5.69 Å². The number of ether oxygens (including phenoxy) is 4. The van der Waals surface area contributed by atoms with Crippen LogP contribution in [0.2, 0.25) is 0 Å². The van der Waals surface area contributed by atoms with Gasteiger partial charge >= 0.3 is 0 Å². The van der Waals surface area contributed by atoms with E-state index in [1.165, 1.54) is 0 Å². The molecule has 0 aromatic heterocycles. The minimum absolute atomic E-state index is 0.698. The summed E-state index contributed by atoms with van der Waals surface area (Å²) in [6.45, 7) is 0. The van der Waals surface area contributed by atoms with Gasteiger partial charge in [0.2, 0.25) is 0 Å². The summed E-state index contributed by atoms with van der Waals surface area (Å²) in [5.74, 6) is 2.81. The molecular formula is C21H23NO4. The molecule has 3 aromatic rings. The van der Waals surface area contributed by atoms with Gasteiger partial charge < -0.3 is 24.3 Å². The smallest absolute Gasteiger partial charge is 0.161 e. The van der Waals surface area contributed by atoms with E-state index in [0.717, 1.165) is 27.6 Å². The molecule has 0 bridgehead atoms. The topological polar surface area (TPSA) is 49.0 Å². The molecule has 5 heteroatoms. The van der Waals surface area contributed by atoms with Crippen LogP contribution in [0.5, 0.6) is 23.0 Å². The Hall–Kier alpha value is -3.08. The fraction of sp³-hybridized carbons (Fsp3) is 0.238. The number of hydrogen-bond acceptors (Lipinski definition) is 5. The molecule has 0 aliphatic heterocycles.